The van der Waals surface area contributed by atoms with Crippen LogP contribution in [0.3, 0.4) is 0 Å². The number of rotatable bonds is 7. The molecule has 4 N–H and O–H groups in total. The second-order valence-electron chi connectivity index (χ2n) is 7.79. The average Bonchev–Trinajstić information content (AvgIpc) is 3.13. The number of anilines is 1. The summed E-state index contributed by atoms with van der Waals surface area (Å²) < 4.78 is 5.11. The van der Waals surface area contributed by atoms with Crippen LogP contribution in [0.15, 0.2) is 21.3 Å². The number of fused-ring (bicyclic) bond motifs is 1. The van der Waals surface area contributed by atoms with Crippen molar-refractivity contribution >= 4 is 69.3 Å². The molecule has 0 aliphatic carbocycles. The minimum absolute atomic E-state index is 0.0395. The Morgan fingerprint density at radius 2 is 2.12 bits per heavy atom. The van der Waals surface area contributed by atoms with Crippen molar-refractivity contribution in [1.29, 1.82) is 0 Å². The van der Waals surface area contributed by atoms with Gasteiger partial charge in [-0.05, 0) is 20.8 Å². The normalized spacial score (nSPS) is 20.7. The van der Waals surface area contributed by atoms with E-state index in [1.807, 2.05) is 0 Å². The first-order valence-electron chi connectivity index (χ1n) is 9.39. The van der Waals surface area contributed by atoms with Crippen molar-refractivity contribution in [2.45, 2.75) is 37.8 Å². The summed E-state index contributed by atoms with van der Waals surface area (Å²) in [5.41, 5.74) is 4.36. The third-order valence-corrected chi connectivity index (χ3v) is 6.57. The number of nitrogen functional groups attached to an aromatic ring is 1. The fourth-order valence-electron chi connectivity index (χ4n) is 2.91. The summed E-state index contributed by atoms with van der Waals surface area (Å²) in [7, 11) is 0. The van der Waals surface area contributed by atoms with Crippen LogP contribution in [0.2, 0.25) is 0 Å². The lowest BCUT2D eigenvalue weighted by Crippen LogP contribution is -2.71. The number of oxime groups is 1. The molecule has 1 aromatic rings. The molecular formula is C18H20ClN5O7S2. The van der Waals surface area contributed by atoms with Gasteiger partial charge in [-0.3, -0.25) is 14.5 Å². The number of ether oxygens (including phenoxy) is 1. The molecule has 0 aromatic carbocycles. The van der Waals surface area contributed by atoms with Crippen LogP contribution < -0.4 is 11.1 Å². The molecule has 1 aromatic heterocycles. The van der Waals surface area contributed by atoms with Crippen molar-refractivity contribution in [3.05, 3.63) is 21.8 Å². The molecule has 3 rings (SSSR count). The number of aliphatic carboxylic acids is 1. The lowest BCUT2D eigenvalue weighted by molar-refractivity contribution is -0.160. The highest BCUT2D eigenvalue weighted by Gasteiger charge is 2.54. The monoisotopic (exact) mass is 517 g/mol. The molecular weight excluding hydrogens is 498 g/mol. The van der Waals surface area contributed by atoms with E-state index in [9.17, 15) is 24.3 Å². The predicted octanol–water partition coefficient (Wildman–Crippen LogP) is 0.723. The highest BCUT2D eigenvalue weighted by Crippen LogP contribution is 2.41. The standard InChI is InChI=1S/C18H20ClN5O7S2/c1-18(2,3)31-9(25)4-30-23-10(8-6-33-17(20)21-8)13(26)22-11-14(27)24-12(16(28)29)7(19)5-32-15(11)24/h6,11,15H,4-5H2,1-3H3,(H2,20,21)(H,22,26)(H,28,29)/b23-10+. The Labute approximate surface area is 201 Å². The lowest BCUT2D eigenvalue weighted by atomic mass is 10.0. The van der Waals surface area contributed by atoms with Gasteiger partial charge in [-0.2, -0.15) is 0 Å². The van der Waals surface area contributed by atoms with Crippen LogP contribution in [0.5, 0.6) is 0 Å². The third-order valence-electron chi connectivity index (χ3n) is 4.15. The van der Waals surface area contributed by atoms with Crippen LogP contribution in [0.1, 0.15) is 26.5 Å². The maximum atomic E-state index is 12.9. The van der Waals surface area contributed by atoms with E-state index in [2.05, 4.69) is 15.5 Å². The zero-order valence-corrected chi connectivity index (χ0v) is 20.0. The summed E-state index contributed by atoms with van der Waals surface area (Å²) in [5, 5.41) is 16.6. The number of carboxylic acid groups (broad SMARTS) is 1. The van der Waals surface area contributed by atoms with E-state index < -0.39 is 47.4 Å². The second kappa shape index (κ2) is 9.57. The number of amides is 2. The van der Waals surface area contributed by atoms with Crippen LogP contribution in [0.25, 0.3) is 0 Å². The number of thiazole rings is 1. The number of thioether (sulfide) groups is 1. The summed E-state index contributed by atoms with van der Waals surface area (Å²) in [5.74, 6) is -3.31. The molecule has 1 fully saturated rings. The van der Waals surface area contributed by atoms with Crippen molar-refractivity contribution in [1.82, 2.24) is 15.2 Å². The van der Waals surface area contributed by atoms with Crippen LogP contribution in [0, 0.1) is 0 Å². The van der Waals surface area contributed by atoms with Crippen molar-refractivity contribution in [2.24, 2.45) is 5.16 Å². The van der Waals surface area contributed by atoms with Gasteiger partial charge in [0.15, 0.2) is 10.8 Å². The van der Waals surface area contributed by atoms with E-state index in [1.54, 1.807) is 20.8 Å². The molecule has 33 heavy (non-hydrogen) atoms. The van der Waals surface area contributed by atoms with Crippen LogP contribution in [-0.2, 0) is 28.8 Å². The fourth-order valence-corrected chi connectivity index (χ4v) is 5.01. The summed E-state index contributed by atoms with van der Waals surface area (Å²) in [6.45, 7) is 4.50. The maximum absolute atomic E-state index is 12.9. The highest BCUT2D eigenvalue weighted by molar-refractivity contribution is 8.00. The van der Waals surface area contributed by atoms with Gasteiger partial charge in [-0.1, -0.05) is 16.8 Å². The number of esters is 1. The van der Waals surface area contributed by atoms with Gasteiger partial charge < -0.3 is 25.7 Å². The van der Waals surface area contributed by atoms with Gasteiger partial charge in [0.1, 0.15) is 28.4 Å². The Morgan fingerprint density at radius 3 is 2.70 bits per heavy atom. The predicted molar refractivity (Wildman–Crippen MR) is 120 cm³/mol. The summed E-state index contributed by atoms with van der Waals surface area (Å²) >= 11 is 8.21. The number of carbonyl (C=O) groups excluding carboxylic acids is 3. The zero-order chi connectivity index (χ0) is 24.5. The Bertz CT molecular complexity index is 1060. The first kappa shape index (κ1) is 24.8. The number of hydrogen-bond donors (Lipinski definition) is 3. The Hall–Kier alpha value is -2.84. The molecule has 0 saturated carbocycles. The zero-order valence-electron chi connectivity index (χ0n) is 17.7. The van der Waals surface area contributed by atoms with E-state index in [0.717, 1.165) is 16.2 Å². The first-order valence-corrected chi connectivity index (χ1v) is 11.7. The quantitative estimate of drug-likeness (QED) is 0.202. The second-order valence-corrected chi connectivity index (χ2v) is 10.2. The van der Waals surface area contributed by atoms with E-state index >= 15 is 0 Å². The Balaban J connectivity index is 1.73. The fraction of sp³-hybridized carbons (Fsp3) is 0.444. The lowest BCUT2D eigenvalue weighted by Gasteiger charge is -2.48. The maximum Gasteiger partial charge on any atom is 0.353 e. The van der Waals surface area contributed by atoms with E-state index in [4.69, 9.17) is 26.9 Å². The van der Waals surface area contributed by atoms with Gasteiger partial charge in [-0.25, -0.2) is 14.6 Å². The number of nitrogens with two attached hydrogens (primary N) is 1. The third kappa shape index (κ3) is 5.57. The topological polar surface area (TPSA) is 174 Å². The summed E-state index contributed by atoms with van der Waals surface area (Å²) in [4.78, 5) is 58.8. The largest absolute Gasteiger partial charge is 0.477 e. The molecule has 3 heterocycles. The van der Waals surface area contributed by atoms with Crippen LogP contribution in [0.4, 0.5) is 5.13 Å². The molecule has 2 atom stereocenters. The minimum Gasteiger partial charge on any atom is -0.477 e. The number of hydrogen-bond acceptors (Lipinski definition) is 11. The van der Waals surface area contributed by atoms with Crippen LogP contribution >= 0.6 is 34.7 Å². The molecule has 0 bridgehead atoms. The number of β-lactam (4-membered cyclic amide) rings is 1. The SMILES string of the molecule is CC(C)(C)OC(=O)CO/N=C(/C(=O)NC1C(=O)N2C(C(=O)O)=C(Cl)CSC12)c1csc(N)n1. The molecule has 2 aliphatic rings. The molecule has 2 aliphatic heterocycles. The molecule has 2 unspecified atom stereocenters. The first-order chi connectivity index (χ1) is 15.4. The van der Waals surface area contributed by atoms with E-state index in [1.165, 1.54) is 17.1 Å². The minimum atomic E-state index is -1.33. The molecule has 1 saturated heterocycles. The molecule has 2 amide bonds. The Morgan fingerprint density at radius 1 is 1.42 bits per heavy atom. The number of nitrogens with one attached hydrogen (secondary N) is 1. The average molecular weight is 518 g/mol. The van der Waals surface area contributed by atoms with Crippen molar-refractivity contribution in [3.63, 3.8) is 0 Å². The van der Waals surface area contributed by atoms with E-state index in [-0.39, 0.29) is 33.0 Å². The molecule has 15 heteroatoms. The van der Waals surface area contributed by atoms with Gasteiger partial charge >= 0.3 is 11.9 Å². The number of nitrogens with zero attached hydrogens (tertiary/aromatic N) is 3. The van der Waals surface area contributed by atoms with Crippen LogP contribution in [-0.4, -0.2) is 73.8 Å². The van der Waals surface area contributed by atoms with Crippen molar-refractivity contribution in [3.8, 4) is 0 Å². The number of carboxylic acids is 1. The van der Waals surface area contributed by atoms with Crippen molar-refractivity contribution < 1.29 is 33.9 Å². The molecule has 0 radical (unpaired) electrons. The Kier molecular flexibility index (Phi) is 7.19. The van der Waals surface area contributed by atoms with Gasteiger partial charge in [0.25, 0.3) is 11.8 Å². The van der Waals surface area contributed by atoms with Crippen molar-refractivity contribution in [2.75, 3.05) is 18.1 Å². The summed E-state index contributed by atoms with van der Waals surface area (Å²) in [6.07, 6.45) is 0. The number of carbonyl (C=O) groups is 4. The summed E-state index contributed by atoms with van der Waals surface area (Å²) in [6, 6.07) is -1.02. The van der Waals surface area contributed by atoms with Gasteiger partial charge in [0.2, 0.25) is 6.61 Å². The number of halogens is 1. The smallest absolute Gasteiger partial charge is 0.353 e. The molecule has 12 nitrogen and oxygen atoms in total. The number of aromatic nitrogens is 1. The van der Waals surface area contributed by atoms with Gasteiger partial charge in [0.05, 0.1) is 5.03 Å². The van der Waals surface area contributed by atoms with E-state index in [0.29, 0.717) is 0 Å². The van der Waals surface area contributed by atoms with Gasteiger partial charge in [-0.15, -0.1) is 23.1 Å². The highest BCUT2D eigenvalue weighted by atomic mass is 35.5. The van der Waals surface area contributed by atoms with Gasteiger partial charge in [0, 0.05) is 11.1 Å². The molecule has 178 valence electrons. The molecule has 0 spiro atoms.